The van der Waals surface area contributed by atoms with E-state index in [0.29, 0.717) is 23.9 Å². The molecule has 2 heterocycles. The van der Waals surface area contributed by atoms with E-state index in [2.05, 4.69) is 9.97 Å². The third-order valence-electron chi connectivity index (χ3n) is 3.85. The SMILES string of the molecule is COc1ncccc1-c1cccnc1Oc1ccc(CCOS(C)(=O)=O)cc1. The van der Waals surface area contributed by atoms with Crippen molar-refractivity contribution in [2.24, 2.45) is 0 Å². The summed E-state index contributed by atoms with van der Waals surface area (Å²) >= 11 is 0. The summed E-state index contributed by atoms with van der Waals surface area (Å²) in [6, 6.07) is 14.7. The number of ether oxygens (including phenoxy) is 2. The van der Waals surface area contributed by atoms with Crippen LogP contribution < -0.4 is 9.47 Å². The fourth-order valence-electron chi connectivity index (χ4n) is 2.58. The summed E-state index contributed by atoms with van der Waals surface area (Å²) in [5.74, 6) is 1.53. The molecule has 0 bridgehead atoms. The first kappa shape index (κ1) is 19.8. The van der Waals surface area contributed by atoms with Crippen LogP contribution in [0.1, 0.15) is 5.56 Å². The van der Waals surface area contributed by atoms with Gasteiger partial charge >= 0.3 is 0 Å². The first-order valence-electron chi connectivity index (χ1n) is 8.52. The molecule has 0 fully saturated rings. The first-order chi connectivity index (χ1) is 13.5. The summed E-state index contributed by atoms with van der Waals surface area (Å²) < 4.78 is 38.1. The number of methoxy groups -OCH3 is 1. The predicted molar refractivity (Wildman–Crippen MR) is 105 cm³/mol. The van der Waals surface area contributed by atoms with E-state index in [-0.39, 0.29) is 6.61 Å². The minimum absolute atomic E-state index is 0.101. The van der Waals surface area contributed by atoms with Crippen molar-refractivity contribution in [2.75, 3.05) is 20.0 Å². The maximum absolute atomic E-state index is 11.0. The van der Waals surface area contributed by atoms with Gasteiger partial charge in [0.1, 0.15) is 5.75 Å². The van der Waals surface area contributed by atoms with Gasteiger partial charge < -0.3 is 9.47 Å². The van der Waals surface area contributed by atoms with Crippen LogP contribution >= 0.6 is 0 Å². The molecular weight excluding hydrogens is 380 g/mol. The van der Waals surface area contributed by atoms with E-state index in [9.17, 15) is 8.42 Å². The van der Waals surface area contributed by atoms with Gasteiger partial charge in [-0.15, -0.1) is 0 Å². The molecule has 0 saturated carbocycles. The van der Waals surface area contributed by atoms with Gasteiger partial charge in [0.05, 0.1) is 20.0 Å². The lowest BCUT2D eigenvalue weighted by Gasteiger charge is -2.12. The molecule has 0 aliphatic heterocycles. The standard InChI is InChI=1S/C20H20N2O5S/c1-25-19-17(5-3-12-21-19)18-6-4-13-22-20(18)27-16-9-7-15(8-10-16)11-14-26-28(2,23)24/h3-10,12-13H,11,14H2,1-2H3. The molecule has 146 valence electrons. The number of hydrogen-bond acceptors (Lipinski definition) is 7. The molecule has 0 spiro atoms. The van der Waals surface area contributed by atoms with Crippen LogP contribution in [0.3, 0.4) is 0 Å². The molecule has 0 atom stereocenters. The van der Waals surface area contributed by atoms with Gasteiger partial charge in [0.15, 0.2) is 0 Å². The van der Waals surface area contributed by atoms with E-state index in [0.717, 1.165) is 22.9 Å². The van der Waals surface area contributed by atoms with Crippen LogP contribution in [-0.4, -0.2) is 38.4 Å². The summed E-state index contributed by atoms with van der Waals surface area (Å²) in [6.45, 7) is 0.101. The minimum Gasteiger partial charge on any atom is -0.481 e. The van der Waals surface area contributed by atoms with Gasteiger partial charge in [0.25, 0.3) is 10.1 Å². The number of pyridine rings is 2. The molecule has 7 nitrogen and oxygen atoms in total. The van der Waals surface area contributed by atoms with E-state index in [4.69, 9.17) is 13.7 Å². The molecule has 1 aromatic carbocycles. The van der Waals surface area contributed by atoms with Crippen LogP contribution in [0.5, 0.6) is 17.5 Å². The van der Waals surface area contributed by atoms with Gasteiger partial charge in [-0.3, -0.25) is 4.18 Å². The molecule has 8 heteroatoms. The highest BCUT2D eigenvalue weighted by Crippen LogP contribution is 2.35. The average molecular weight is 400 g/mol. The molecule has 0 N–H and O–H groups in total. The average Bonchev–Trinajstić information content (AvgIpc) is 2.69. The highest BCUT2D eigenvalue weighted by atomic mass is 32.2. The van der Waals surface area contributed by atoms with Gasteiger partial charge in [-0.25, -0.2) is 9.97 Å². The number of hydrogen-bond donors (Lipinski definition) is 0. The zero-order valence-electron chi connectivity index (χ0n) is 15.5. The molecule has 0 saturated heterocycles. The molecule has 3 rings (SSSR count). The second kappa shape index (κ2) is 8.81. The molecule has 28 heavy (non-hydrogen) atoms. The molecule has 2 aromatic heterocycles. The topological polar surface area (TPSA) is 87.6 Å². The first-order valence-corrected chi connectivity index (χ1v) is 10.3. The van der Waals surface area contributed by atoms with Gasteiger partial charge in [0.2, 0.25) is 11.8 Å². The summed E-state index contributed by atoms with van der Waals surface area (Å²) in [4.78, 5) is 8.55. The number of rotatable bonds is 8. The van der Waals surface area contributed by atoms with Crippen molar-refractivity contribution in [3.8, 4) is 28.6 Å². The molecule has 3 aromatic rings. The third-order valence-corrected chi connectivity index (χ3v) is 4.45. The molecule has 0 radical (unpaired) electrons. The lowest BCUT2D eigenvalue weighted by Crippen LogP contribution is -2.06. The number of nitrogens with zero attached hydrogens (tertiary/aromatic N) is 2. The second-order valence-corrected chi connectivity index (χ2v) is 7.58. The third kappa shape index (κ3) is 5.28. The van der Waals surface area contributed by atoms with Crippen LogP contribution in [0, 0.1) is 0 Å². The van der Waals surface area contributed by atoms with E-state index in [1.807, 2.05) is 36.4 Å². The lowest BCUT2D eigenvalue weighted by atomic mass is 10.1. The summed E-state index contributed by atoms with van der Waals surface area (Å²) in [7, 11) is -1.86. The van der Waals surface area contributed by atoms with E-state index in [1.165, 1.54) is 0 Å². The zero-order chi connectivity index (χ0) is 20.0. The Kier molecular flexibility index (Phi) is 6.23. The molecule has 0 unspecified atom stereocenters. The number of benzene rings is 1. The molecular formula is C20H20N2O5S. The van der Waals surface area contributed by atoms with Gasteiger partial charge in [0, 0.05) is 23.5 Å². The van der Waals surface area contributed by atoms with Crippen molar-refractivity contribution in [3.63, 3.8) is 0 Å². The summed E-state index contributed by atoms with van der Waals surface area (Å²) in [5.41, 5.74) is 2.48. The maximum Gasteiger partial charge on any atom is 0.264 e. The maximum atomic E-state index is 11.0. The van der Waals surface area contributed by atoms with Crippen LogP contribution in [0.25, 0.3) is 11.1 Å². The Morgan fingerprint density at radius 3 is 2.11 bits per heavy atom. The molecule has 0 aliphatic rings. The quantitative estimate of drug-likeness (QED) is 0.535. The Bertz CT molecular complexity index is 1040. The normalized spacial score (nSPS) is 11.2. The Hall–Kier alpha value is -2.97. The Balaban J connectivity index is 1.76. The lowest BCUT2D eigenvalue weighted by molar-refractivity contribution is 0.326. The number of aromatic nitrogens is 2. The van der Waals surface area contributed by atoms with Crippen molar-refractivity contribution < 1.29 is 22.1 Å². The van der Waals surface area contributed by atoms with Crippen LogP contribution in [0.15, 0.2) is 60.9 Å². The van der Waals surface area contributed by atoms with E-state index < -0.39 is 10.1 Å². The highest BCUT2D eigenvalue weighted by molar-refractivity contribution is 7.85. The minimum atomic E-state index is -3.43. The Morgan fingerprint density at radius 1 is 0.893 bits per heavy atom. The highest BCUT2D eigenvalue weighted by Gasteiger charge is 2.13. The summed E-state index contributed by atoms with van der Waals surface area (Å²) in [5, 5.41) is 0. The van der Waals surface area contributed by atoms with E-state index >= 15 is 0 Å². The van der Waals surface area contributed by atoms with Crippen molar-refractivity contribution in [1.29, 1.82) is 0 Å². The monoisotopic (exact) mass is 400 g/mol. The van der Waals surface area contributed by atoms with Crippen molar-refractivity contribution in [2.45, 2.75) is 6.42 Å². The molecule has 0 amide bonds. The van der Waals surface area contributed by atoms with Crippen molar-refractivity contribution in [3.05, 3.63) is 66.5 Å². The van der Waals surface area contributed by atoms with Crippen molar-refractivity contribution >= 4 is 10.1 Å². The van der Waals surface area contributed by atoms with Crippen LogP contribution in [0.2, 0.25) is 0 Å². The Morgan fingerprint density at radius 2 is 1.50 bits per heavy atom. The predicted octanol–water partition coefficient (Wildman–Crippen LogP) is 3.46. The van der Waals surface area contributed by atoms with Gasteiger partial charge in [-0.05, 0) is 48.4 Å². The second-order valence-electron chi connectivity index (χ2n) is 5.94. The summed E-state index contributed by atoms with van der Waals surface area (Å²) in [6.07, 6.45) is 4.82. The zero-order valence-corrected chi connectivity index (χ0v) is 16.3. The smallest absolute Gasteiger partial charge is 0.264 e. The largest absolute Gasteiger partial charge is 0.481 e. The van der Waals surface area contributed by atoms with Gasteiger partial charge in [-0.1, -0.05) is 12.1 Å². The van der Waals surface area contributed by atoms with E-state index in [1.54, 1.807) is 31.6 Å². The Labute approximate surface area is 164 Å². The van der Waals surface area contributed by atoms with Crippen LogP contribution in [0.4, 0.5) is 0 Å². The fraction of sp³-hybridized carbons (Fsp3) is 0.200. The fourth-order valence-corrected chi connectivity index (χ4v) is 2.97. The van der Waals surface area contributed by atoms with Crippen LogP contribution in [-0.2, 0) is 20.7 Å². The van der Waals surface area contributed by atoms with Crippen molar-refractivity contribution in [1.82, 2.24) is 9.97 Å². The van der Waals surface area contributed by atoms with Gasteiger partial charge in [-0.2, -0.15) is 8.42 Å². The molecule has 0 aliphatic carbocycles.